The van der Waals surface area contributed by atoms with Crippen molar-refractivity contribution in [3.05, 3.63) is 32.9 Å². The SMILES string of the molecule is CCOP(=O)(C[C@H]1CC(n2cc(F)c(=O)[nH]c2=O)ON1C)OCC. The highest BCUT2D eigenvalue weighted by molar-refractivity contribution is 7.53. The Hall–Kier alpha value is -1.32. The van der Waals surface area contributed by atoms with Crippen LogP contribution in [0.15, 0.2) is 15.8 Å². The second kappa shape index (κ2) is 7.71. The van der Waals surface area contributed by atoms with E-state index in [2.05, 4.69) is 0 Å². The monoisotopic (exact) mass is 365 g/mol. The number of nitrogens with zero attached hydrogens (tertiary/aromatic N) is 2. The summed E-state index contributed by atoms with van der Waals surface area (Å²) in [7, 11) is -1.68. The Bertz CT molecular complexity index is 725. The number of nitrogens with one attached hydrogen (secondary N) is 1. The molecule has 0 aliphatic carbocycles. The molecule has 1 fully saturated rings. The van der Waals surface area contributed by atoms with Gasteiger partial charge in [-0.2, -0.15) is 9.45 Å². The van der Waals surface area contributed by atoms with Crippen molar-refractivity contribution >= 4 is 7.60 Å². The minimum Gasteiger partial charge on any atom is -0.309 e. The first kappa shape index (κ1) is 19.0. The van der Waals surface area contributed by atoms with Gasteiger partial charge in [0, 0.05) is 13.5 Å². The lowest BCUT2D eigenvalue weighted by Gasteiger charge is -2.22. The molecule has 1 saturated heterocycles. The van der Waals surface area contributed by atoms with Crippen LogP contribution in [-0.2, 0) is 18.5 Å². The van der Waals surface area contributed by atoms with E-state index in [1.165, 1.54) is 5.06 Å². The van der Waals surface area contributed by atoms with Crippen molar-refractivity contribution in [2.24, 2.45) is 0 Å². The molecule has 9 nitrogen and oxygen atoms in total. The highest BCUT2D eigenvalue weighted by Gasteiger charge is 2.39. The first-order valence-corrected chi connectivity index (χ1v) is 9.31. The largest absolute Gasteiger partial charge is 0.332 e. The molecular formula is C13H21FN3O6P. The maximum absolute atomic E-state index is 13.4. The Morgan fingerprint density at radius 1 is 1.38 bits per heavy atom. The van der Waals surface area contributed by atoms with Crippen molar-refractivity contribution in [2.45, 2.75) is 32.5 Å². The first-order valence-electron chi connectivity index (χ1n) is 7.58. The molecular weight excluding hydrogens is 344 g/mol. The Balaban J connectivity index is 2.18. The molecule has 1 aliphatic heterocycles. The van der Waals surface area contributed by atoms with E-state index in [0.29, 0.717) is 0 Å². The molecule has 1 aromatic rings. The highest BCUT2D eigenvalue weighted by Crippen LogP contribution is 2.50. The summed E-state index contributed by atoms with van der Waals surface area (Å²) in [5.41, 5.74) is -1.87. The van der Waals surface area contributed by atoms with Crippen LogP contribution in [0.2, 0.25) is 0 Å². The fraction of sp³-hybridized carbons (Fsp3) is 0.692. The highest BCUT2D eigenvalue weighted by atomic mass is 31.2. The third-order valence-corrected chi connectivity index (χ3v) is 5.77. The van der Waals surface area contributed by atoms with E-state index in [4.69, 9.17) is 13.9 Å². The molecule has 1 N–H and O–H groups in total. The van der Waals surface area contributed by atoms with Crippen LogP contribution in [0.3, 0.4) is 0 Å². The molecule has 0 amide bonds. The van der Waals surface area contributed by atoms with Crippen LogP contribution >= 0.6 is 7.60 Å². The summed E-state index contributed by atoms with van der Waals surface area (Å²) in [6, 6.07) is -0.360. The van der Waals surface area contributed by atoms with Gasteiger partial charge in [-0.25, -0.2) is 4.79 Å². The lowest BCUT2D eigenvalue weighted by Crippen LogP contribution is -2.34. The fourth-order valence-electron chi connectivity index (χ4n) is 2.52. The maximum atomic E-state index is 13.4. The van der Waals surface area contributed by atoms with Crippen molar-refractivity contribution in [2.75, 3.05) is 26.4 Å². The first-order chi connectivity index (χ1) is 11.3. The van der Waals surface area contributed by atoms with E-state index in [1.807, 2.05) is 4.98 Å². The number of H-pyrrole nitrogens is 1. The Kier molecular flexibility index (Phi) is 6.11. The van der Waals surface area contributed by atoms with Gasteiger partial charge in [0.1, 0.15) is 0 Å². The molecule has 1 unspecified atom stereocenters. The van der Waals surface area contributed by atoms with E-state index in [-0.39, 0.29) is 31.8 Å². The molecule has 136 valence electrons. The van der Waals surface area contributed by atoms with Crippen molar-refractivity contribution in [3.8, 4) is 0 Å². The Morgan fingerprint density at radius 2 is 2.00 bits per heavy atom. The van der Waals surface area contributed by atoms with Gasteiger partial charge in [0.25, 0.3) is 5.56 Å². The van der Waals surface area contributed by atoms with E-state index in [0.717, 1.165) is 10.8 Å². The van der Waals surface area contributed by atoms with Crippen LogP contribution < -0.4 is 11.2 Å². The quantitative estimate of drug-likeness (QED) is 0.721. The Labute approximate surface area is 137 Å². The standard InChI is InChI=1S/C13H21FN3O6P/c1-4-21-24(20,22-5-2)8-9-6-11(23-16(9)3)17-7-10(14)12(18)15-13(17)19/h7,9,11H,4-6,8H2,1-3H3,(H,15,18,19)/t9-,11?/m1/s1. The number of hydroxylamine groups is 2. The average molecular weight is 365 g/mol. The summed E-state index contributed by atoms with van der Waals surface area (Å²) in [6.07, 6.45) is 0.302. The second-order valence-electron chi connectivity index (χ2n) is 5.27. The molecule has 24 heavy (non-hydrogen) atoms. The summed E-state index contributed by atoms with van der Waals surface area (Å²) in [5, 5.41) is 1.44. The molecule has 1 aromatic heterocycles. The maximum Gasteiger partial charge on any atom is 0.332 e. The lowest BCUT2D eigenvalue weighted by atomic mass is 10.2. The average Bonchev–Trinajstić information content (AvgIpc) is 2.84. The van der Waals surface area contributed by atoms with Crippen molar-refractivity contribution < 1.29 is 22.8 Å². The minimum absolute atomic E-state index is 0.0717. The van der Waals surface area contributed by atoms with Crippen LogP contribution in [0.4, 0.5) is 4.39 Å². The van der Waals surface area contributed by atoms with Gasteiger partial charge in [0.2, 0.25) is 5.82 Å². The van der Waals surface area contributed by atoms with Crippen LogP contribution in [0.1, 0.15) is 26.5 Å². The van der Waals surface area contributed by atoms with Gasteiger partial charge in [0.05, 0.1) is 31.6 Å². The van der Waals surface area contributed by atoms with Gasteiger partial charge < -0.3 is 9.05 Å². The van der Waals surface area contributed by atoms with Crippen LogP contribution in [0.5, 0.6) is 0 Å². The van der Waals surface area contributed by atoms with E-state index in [1.54, 1.807) is 20.9 Å². The second-order valence-corrected chi connectivity index (χ2v) is 7.37. The van der Waals surface area contributed by atoms with E-state index in [9.17, 15) is 18.5 Å². The topological polar surface area (TPSA) is 103 Å². The zero-order chi connectivity index (χ0) is 17.9. The lowest BCUT2D eigenvalue weighted by molar-refractivity contribution is -0.164. The molecule has 1 aliphatic rings. The molecule has 2 atom stereocenters. The van der Waals surface area contributed by atoms with Crippen molar-refractivity contribution in [1.29, 1.82) is 0 Å². The van der Waals surface area contributed by atoms with Crippen molar-refractivity contribution in [1.82, 2.24) is 14.6 Å². The molecule has 0 bridgehead atoms. The molecule has 0 aromatic carbocycles. The fourth-order valence-corrected chi connectivity index (χ4v) is 4.49. The third kappa shape index (κ3) is 4.20. The van der Waals surface area contributed by atoms with Crippen molar-refractivity contribution in [3.63, 3.8) is 0 Å². The summed E-state index contributed by atoms with van der Waals surface area (Å²) in [4.78, 5) is 30.3. The van der Waals surface area contributed by atoms with Crippen LogP contribution in [-0.4, -0.2) is 47.1 Å². The van der Waals surface area contributed by atoms with Gasteiger partial charge in [-0.15, -0.1) is 0 Å². The predicted molar refractivity (Wildman–Crippen MR) is 83.3 cm³/mol. The van der Waals surface area contributed by atoms with Gasteiger partial charge in [-0.05, 0) is 13.8 Å². The zero-order valence-electron chi connectivity index (χ0n) is 13.7. The normalized spacial score (nSPS) is 22.2. The van der Waals surface area contributed by atoms with E-state index < -0.39 is 30.9 Å². The number of hydrogen-bond acceptors (Lipinski definition) is 7. The minimum atomic E-state index is -3.29. The molecule has 11 heteroatoms. The molecule has 0 radical (unpaired) electrons. The van der Waals surface area contributed by atoms with Gasteiger partial charge >= 0.3 is 13.3 Å². The van der Waals surface area contributed by atoms with Crippen LogP contribution in [0, 0.1) is 5.82 Å². The van der Waals surface area contributed by atoms with Gasteiger partial charge in [-0.1, -0.05) is 0 Å². The number of halogens is 1. The summed E-state index contributed by atoms with van der Waals surface area (Å²) in [6.45, 7) is 3.91. The molecule has 2 rings (SSSR count). The smallest absolute Gasteiger partial charge is 0.309 e. The molecule has 2 heterocycles. The summed E-state index contributed by atoms with van der Waals surface area (Å²) in [5.74, 6) is -1.08. The molecule has 0 saturated carbocycles. The van der Waals surface area contributed by atoms with Crippen LogP contribution in [0.25, 0.3) is 0 Å². The molecule has 0 spiro atoms. The number of hydrogen-bond donors (Lipinski definition) is 1. The van der Waals surface area contributed by atoms with E-state index >= 15 is 0 Å². The summed E-state index contributed by atoms with van der Waals surface area (Å²) < 4.78 is 37.5. The Morgan fingerprint density at radius 3 is 2.58 bits per heavy atom. The predicted octanol–water partition coefficient (Wildman–Crippen LogP) is 1.08. The number of aromatic amines is 1. The number of rotatable bonds is 7. The summed E-state index contributed by atoms with van der Waals surface area (Å²) >= 11 is 0. The zero-order valence-corrected chi connectivity index (χ0v) is 14.6. The third-order valence-electron chi connectivity index (χ3n) is 3.60. The van der Waals surface area contributed by atoms with Gasteiger partial charge in [-0.3, -0.25) is 23.7 Å². The van der Waals surface area contributed by atoms with Gasteiger partial charge in [0.15, 0.2) is 6.23 Å². The number of aromatic nitrogens is 2.